The summed E-state index contributed by atoms with van der Waals surface area (Å²) in [6.07, 6.45) is 4.11. The zero-order chi connectivity index (χ0) is 20.1. The molecule has 0 unspecified atom stereocenters. The molecule has 0 bridgehead atoms. The highest BCUT2D eigenvalue weighted by Crippen LogP contribution is 2.25. The highest BCUT2D eigenvalue weighted by Gasteiger charge is 2.26. The number of piperidine rings is 1. The van der Waals surface area contributed by atoms with E-state index in [1.807, 2.05) is 34.5 Å². The number of amides is 2. The Labute approximate surface area is 175 Å². The maximum absolute atomic E-state index is 12.4. The van der Waals surface area contributed by atoms with Crippen LogP contribution in [0.2, 0.25) is 0 Å². The second kappa shape index (κ2) is 9.35. The van der Waals surface area contributed by atoms with Crippen LogP contribution in [0.1, 0.15) is 32.1 Å². The molecule has 4 rings (SSSR count). The molecule has 2 aromatic rings. The molecular weight excluding hydrogens is 386 g/mol. The van der Waals surface area contributed by atoms with Gasteiger partial charge < -0.3 is 15.1 Å². The number of nitrogens with one attached hydrogen (secondary N) is 1. The van der Waals surface area contributed by atoms with Gasteiger partial charge in [-0.3, -0.25) is 9.59 Å². The first-order chi connectivity index (χ1) is 14.2. The molecule has 0 atom stereocenters. The van der Waals surface area contributed by atoms with Gasteiger partial charge in [0, 0.05) is 45.1 Å². The van der Waals surface area contributed by atoms with Crippen molar-refractivity contribution >= 4 is 29.0 Å². The molecule has 2 aliphatic heterocycles. The van der Waals surface area contributed by atoms with Crippen LogP contribution < -0.4 is 10.2 Å². The molecule has 0 spiro atoms. The van der Waals surface area contributed by atoms with Crippen molar-refractivity contribution in [2.75, 3.05) is 37.6 Å². The van der Waals surface area contributed by atoms with Crippen molar-refractivity contribution in [3.63, 3.8) is 0 Å². The molecule has 8 heteroatoms. The lowest BCUT2D eigenvalue weighted by molar-refractivity contribution is -0.127. The van der Waals surface area contributed by atoms with Gasteiger partial charge in [-0.05, 0) is 49.3 Å². The third kappa shape index (κ3) is 4.93. The SMILES string of the molecule is O=C(NCCCN1CCCC1=O)C1CCN(c2ccc(-c3cccs3)nn2)CC1. The molecule has 4 heterocycles. The number of hydrogen-bond donors (Lipinski definition) is 1. The largest absolute Gasteiger partial charge is 0.356 e. The molecule has 2 amide bonds. The van der Waals surface area contributed by atoms with Crippen LogP contribution in [0.15, 0.2) is 29.6 Å². The van der Waals surface area contributed by atoms with Crippen molar-refractivity contribution in [3.05, 3.63) is 29.6 Å². The van der Waals surface area contributed by atoms with E-state index in [1.54, 1.807) is 11.3 Å². The first-order valence-corrected chi connectivity index (χ1v) is 11.3. The first kappa shape index (κ1) is 19.8. The van der Waals surface area contributed by atoms with Gasteiger partial charge in [0.2, 0.25) is 11.8 Å². The second-order valence-electron chi connectivity index (χ2n) is 7.64. The molecule has 2 aliphatic rings. The van der Waals surface area contributed by atoms with Crippen LogP contribution in [0.5, 0.6) is 0 Å². The van der Waals surface area contributed by atoms with Crippen molar-refractivity contribution in [1.82, 2.24) is 20.4 Å². The fraction of sp³-hybridized carbons (Fsp3) is 0.524. The van der Waals surface area contributed by atoms with E-state index in [1.165, 1.54) is 0 Å². The summed E-state index contributed by atoms with van der Waals surface area (Å²) in [6.45, 7) is 3.87. The summed E-state index contributed by atoms with van der Waals surface area (Å²) in [4.78, 5) is 29.3. The standard InChI is InChI=1S/C21H27N5O2S/c27-20-5-1-11-26(20)12-3-10-22-21(28)16-8-13-25(14-9-16)19-7-6-17(23-24-19)18-4-2-15-29-18/h2,4,6-7,15-16H,1,3,5,8-14H2,(H,22,28). The Morgan fingerprint density at radius 3 is 2.69 bits per heavy atom. The van der Waals surface area contributed by atoms with Crippen LogP contribution in [-0.2, 0) is 9.59 Å². The van der Waals surface area contributed by atoms with E-state index in [0.717, 1.165) is 68.3 Å². The van der Waals surface area contributed by atoms with Gasteiger partial charge in [0.05, 0.1) is 4.88 Å². The summed E-state index contributed by atoms with van der Waals surface area (Å²) in [5, 5.41) is 13.8. The molecule has 0 aromatic carbocycles. The number of anilines is 1. The van der Waals surface area contributed by atoms with E-state index in [-0.39, 0.29) is 17.7 Å². The maximum Gasteiger partial charge on any atom is 0.223 e. The second-order valence-corrected chi connectivity index (χ2v) is 8.59. The molecule has 2 aromatic heterocycles. The lowest BCUT2D eigenvalue weighted by Crippen LogP contribution is -2.41. The van der Waals surface area contributed by atoms with Crippen LogP contribution >= 0.6 is 11.3 Å². The molecule has 154 valence electrons. The monoisotopic (exact) mass is 413 g/mol. The Kier molecular flexibility index (Phi) is 6.39. The van der Waals surface area contributed by atoms with Crippen molar-refractivity contribution < 1.29 is 9.59 Å². The molecular formula is C21H27N5O2S. The summed E-state index contributed by atoms with van der Waals surface area (Å²) >= 11 is 1.66. The smallest absolute Gasteiger partial charge is 0.223 e. The van der Waals surface area contributed by atoms with Gasteiger partial charge in [0.1, 0.15) is 5.69 Å². The topological polar surface area (TPSA) is 78.4 Å². The van der Waals surface area contributed by atoms with Gasteiger partial charge in [-0.25, -0.2) is 0 Å². The van der Waals surface area contributed by atoms with E-state index < -0.39 is 0 Å². The minimum absolute atomic E-state index is 0.0537. The van der Waals surface area contributed by atoms with Gasteiger partial charge in [0.15, 0.2) is 5.82 Å². The van der Waals surface area contributed by atoms with Crippen LogP contribution in [0.4, 0.5) is 5.82 Å². The molecule has 0 saturated carbocycles. The van der Waals surface area contributed by atoms with Crippen molar-refractivity contribution in [1.29, 1.82) is 0 Å². The van der Waals surface area contributed by atoms with E-state index in [9.17, 15) is 9.59 Å². The molecule has 2 saturated heterocycles. The Balaban J connectivity index is 1.19. The lowest BCUT2D eigenvalue weighted by Gasteiger charge is -2.31. The molecule has 0 aliphatic carbocycles. The number of thiophene rings is 1. The van der Waals surface area contributed by atoms with E-state index >= 15 is 0 Å². The number of nitrogens with zero attached hydrogens (tertiary/aromatic N) is 4. The number of rotatable bonds is 7. The van der Waals surface area contributed by atoms with Gasteiger partial charge in [-0.15, -0.1) is 21.5 Å². The minimum atomic E-state index is 0.0537. The molecule has 1 N–H and O–H groups in total. The van der Waals surface area contributed by atoms with E-state index in [2.05, 4.69) is 20.4 Å². The highest BCUT2D eigenvalue weighted by molar-refractivity contribution is 7.13. The minimum Gasteiger partial charge on any atom is -0.356 e. The summed E-state index contributed by atoms with van der Waals surface area (Å²) in [7, 11) is 0. The molecule has 7 nitrogen and oxygen atoms in total. The van der Waals surface area contributed by atoms with Crippen LogP contribution in [0.25, 0.3) is 10.6 Å². The Morgan fingerprint density at radius 1 is 1.17 bits per heavy atom. The zero-order valence-electron chi connectivity index (χ0n) is 16.5. The van der Waals surface area contributed by atoms with Gasteiger partial charge in [-0.2, -0.15) is 0 Å². The lowest BCUT2D eigenvalue weighted by atomic mass is 9.96. The third-order valence-corrected chi connectivity index (χ3v) is 6.58. The molecule has 2 fully saturated rings. The number of carbonyl (C=O) groups is 2. The van der Waals surface area contributed by atoms with Crippen molar-refractivity contribution in [2.45, 2.75) is 32.1 Å². The van der Waals surface area contributed by atoms with Crippen LogP contribution in [-0.4, -0.2) is 59.6 Å². The zero-order valence-corrected chi connectivity index (χ0v) is 17.4. The number of carbonyl (C=O) groups excluding carboxylic acids is 2. The van der Waals surface area contributed by atoms with E-state index in [0.29, 0.717) is 13.0 Å². The van der Waals surface area contributed by atoms with Crippen molar-refractivity contribution in [2.24, 2.45) is 5.92 Å². The number of hydrogen-bond acceptors (Lipinski definition) is 6. The van der Waals surface area contributed by atoms with Gasteiger partial charge in [0.25, 0.3) is 0 Å². The molecule has 0 radical (unpaired) electrons. The van der Waals surface area contributed by atoms with Crippen molar-refractivity contribution in [3.8, 4) is 10.6 Å². The predicted octanol–water partition coefficient (Wildman–Crippen LogP) is 2.55. The summed E-state index contributed by atoms with van der Waals surface area (Å²) in [6, 6.07) is 8.08. The average molecular weight is 414 g/mol. The first-order valence-electron chi connectivity index (χ1n) is 10.4. The highest BCUT2D eigenvalue weighted by atomic mass is 32.1. The predicted molar refractivity (Wildman–Crippen MR) is 114 cm³/mol. The Hall–Kier alpha value is -2.48. The number of likely N-dealkylation sites (tertiary alicyclic amines) is 1. The summed E-state index contributed by atoms with van der Waals surface area (Å²) in [5.41, 5.74) is 0.897. The van der Waals surface area contributed by atoms with Gasteiger partial charge >= 0.3 is 0 Å². The van der Waals surface area contributed by atoms with Crippen LogP contribution in [0, 0.1) is 5.92 Å². The third-order valence-electron chi connectivity index (χ3n) is 5.69. The van der Waals surface area contributed by atoms with Gasteiger partial charge in [-0.1, -0.05) is 6.07 Å². The summed E-state index contributed by atoms with van der Waals surface area (Å²) in [5.74, 6) is 1.31. The van der Waals surface area contributed by atoms with Crippen LogP contribution in [0.3, 0.4) is 0 Å². The summed E-state index contributed by atoms with van der Waals surface area (Å²) < 4.78 is 0. The Bertz CT molecular complexity index is 816. The fourth-order valence-electron chi connectivity index (χ4n) is 3.99. The Morgan fingerprint density at radius 2 is 2.03 bits per heavy atom. The quantitative estimate of drug-likeness (QED) is 0.706. The van der Waals surface area contributed by atoms with E-state index in [4.69, 9.17) is 0 Å². The number of aromatic nitrogens is 2. The normalized spacial score (nSPS) is 17.7. The average Bonchev–Trinajstić information content (AvgIpc) is 3.43. The maximum atomic E-state index is 12.4. The fourth-order valence-corrected chi connectivity index (χ4v) is 4.68. The molecule has 29 heavy (non-hydrogen) atoms.